The third kappa shape index (κ3) is 2.35. The fourth-order valence-corrected chi connectivity index (χ4v) is 2.07. The van der Waals surface area contributed by atoms with Crippen molar-refractivity contribution in [3.8, 4) is 0 Å². The van der Waals surface area contributed by atoms with Crippen molar-refractivity contribution in [2.75, 3.05) is 0 Å². The van der Waals surface area contributed by atoms with E-state index in [0.29, 0.717) is 6.54 Å². The lowest BCUT2D eigenvalue weighted by atomic mass is 10.4. The number of aromatic nitrogens is 3. The molecule has 0 amide bonds. The molecule has 0 atom stereocenters. The second-order valence-electron chi connectivity index (χ2n) is 3.20. The lowest BCUT2D eigenvalue weighted by molar-refractivity contribution is 0.455. The van der Waals surface area contributed by atoms with Crippen LogP contribution < -0.4 is 0 Å². The molecule has 2 rings (SSSR count). The first-order valence-corrected chi connectivity index (χ1v) is 6.52. The molecule has 0 N–H and O–H groups in total. The van der Waals surface area contributed by atoms with Gasteiger partial charge in [-0.1, -0.05) is 0 Å². The molecule has 0 saturated carbocycles. The second-order valence-corrected chi connectivity index (χ2v) is 5.25. The predicted molar refractivity (Wildman–Crippen MR) is 72.7 cm³/mol. The number of hydrogen-bond donors (Lipinski definition) is 0. The van der Waals surface area contributed by atoms with Gasteiger partial charge in [0.2, 0.25) is 5.89 Å². The van der Waals surface area contributed by atoms with E-state index in [-0.39, 0.29) is 0 Å². The molecule has 0 aromatic carbocycles. The summed E-state index contributed by atoms with van der Waals surface area (Å²) in [6.45, 7) is 4.52. The van der Waals surface area contributed by atoms with Gasteiger partial charge in [-0.15, -0.1) is 0 Å². The Morgan fingerprint density at radius 2 is 2.13 bits per heavy atom. The summed E-state index contributed by atoms with van der Waals surface area (Å²) >= 11 is 4.48. The highest BCUT2D eigenvalue weighted by Crippen LogP contribution is 2.16. The topological polar surface area (TPSA) is 43.9 Å². The van der Waals surface area contributed by atoms with Crippen molar-refractivity contribution >= 4 is 45.2 Å². The highest BCUT2D eigenvalue weighted by molar-refractivity contribution is 14.1. The number of hydrogen-bond acceptors (Lipinski definition) is 3. The Morgan fingerprint density at radius 1 is 1.40 bits per heavy atom. The predicted octanol–water partition coefficient (Wildman–Crippen LogP) is 2.75. The van der Waals surface area contributed by atoms with E-state index in [9.17, 15) is 0 Å². The lowest BCUT2D eigenvalue weighted by Gasteiger charge is -1.99. The number of rotatable bonds is 2. The first kappa shape index (κ1) is 11.4. The Balaban J connectivity index is 2.25. The van der Waals surface area contributed by atoms with Crippen LogP contribution in [0.4, 0.5) is 0 Å². The maximum atomic E-state index is 5.52. The van der Waals surface area contributed by atoms with E-state index >= 15 is 0 Å². The van der Waals surface area contributed by atoms with Crippen LogP contribution >= 0.6 is 45.2 Å². The largest absolute Gasteiger partial charge is 0.444 e. The molecule has 0 radical (unpaired) electrons. The third-order valence-corrected chi connectivity index (χ3v) is 5.06. The summed E-state index contributed by atoms with van der Waals surface area (Å²) in [5.41, 5.74) is 0.954. The molecule has 6 heteroatoms. The minimum absolute atomic E-state index is 0.642. The molecule has 0 saturated heterocycles. The smallest absolute Gasteiger partial charge is 0.214 e. The zero-order chi connectivity index (χ0) is 11.0. The molecule has 0 aliphatic heterocycles. The van der Waals surface area contributed by atoms with E-state index in [1.54, 1.807) is 6.33 Å². The minimum atomic E-state index is 0.642. The molecule has 0 fully saturated rings. The van der Waals surface area contributed by atoms with E-state index in [4.69, 9.17) is 4.42 Å². The van der Waals surface area contributed by atoms with Crippen LogP contribution in [0.25, 0.3) is 0 Å². The average molecular weight is 429 g/mol. The van der Waals surface area contributed by atoms with Crippen LogP contribution in [0.15, 0.2) is 10.7 Å². The quantitative estimate of drug-likeness (QED) is 0.691. The number of imidazole rings is 1. The van der Waals surface area contributed by atoms with Gasteiger partial charge in [-0.05, 0) is 59.0 Å². The molecule has 0 bridgehead atoms. The second kappa shape index (κ2) is 4.40. The normalized spacial score (nSPS) is 10.9. The van der Waals surface area contributed by atoms with E-state index in [0.717, 1.165) is 24.7 Å². The van der Waals surface area contributed by atoms with Gasteiger partial charge in [-0.2, -0.15) is 0 Å². The number of halogens is 2. The fraction of sp³-hybridized carbons (Fsp3) is 0.333. The summed E-state index contributed by atoms with van der Waals surface area (Å²) in [6, 6.07) is 0. The number of oxazole rings is 1. The molecular formula is C9H9I2N3O. The van der Waals surface area contributed by atoms with Crippen LogP contribution in [0.5, 0.6) is 0 Å². The van der Waals surface area contributed by atoms with Crippen molar-refractivity contribution < 1.29 is 4.42 Å². The van der Waals surface area contributed by atoms with Crippen LogP contribution in [0.3, 0.4) is 0 Å². The van der Waals surface area contributed by atoms with Crippen molar-refractivity contribution in [3.05, 3.63) is 31.1 Å². The van der Waals surface area contributed by atoms with Crippen molar-refractivity contribution in [1.29, 1.82) is 0 Å². The monoisotopic (exact) mass is 429 g/mol. The molecule has 4 nitrogen and oxygen atoms in total. The van der Waals surface area contributed by atoms with Gasteiger partial charge in [0.15, 0.2) is 0 Å². The maximum absolute atomic E-state index is 5.52. The van der Waals surface area contributed by atoms with Gasteiger partial charge in [-0.25, -0.2) is 9.97 Å². The lowest BCUT2D eigenvalue weighted by Crippen LogP contribution is -2.00. The standard InChI is InChI=1S/C9H9I2N3O/c1-5-6(2)15-7(13-5)3-14-4-12-8(10)9(14)11/h4H,3H2,1-2H3. The van der Waals surface area contributed by atoms with Gasteiger partial charge < -0.3 is 8.98 Å². The minimum Gasteiger partial charge on any atom is -0.444 e. The highest BCUT2D eigenvalue weighted by atomic mass is 127. The Bertz CT molecular complexity index is 470. The Kier molecular flexibility index (Phi) is 3.33. The zero-order valence-electron chi connectivity index (χ0n) is 8.29. The Morgan fingerprint density at radius 3 is 2.60 bits per heavy atom. The summed E-state index contributed by atoms with van der Waals surface area (Å²) < 4.78 is 9.66. The van der Waals surface area contributed by atoms with Gasteiger partial charge in [0.25, 0.3) is 0 Å². The van der Waals surface area contributed by atoms with Crippen LogP contribution in [0.2, 0.25) is 0 Å². The summed E-state index contributed by atoms with van der Waals surface area (Å²) in [5, 5.41) is 0. The number of aryl methyl sites for hydroxylation is 2. The van der Waals surface area contributed by atoms with Gasteiger partial charge in [0, 0.05) is 0 Å². The highest BCUT2D eigenvalue weighted by Gasteiger charge is 2.10. The van der Waals surface area contributed by atoms with Gasteiger partial charge in [0.1, 0.15) is 19.7 Å². The third-order valence-electron chi connectivity index (χ3n) is 2.11. The van der Waals surface area contributed by atoms with Crippen molar-refractivity contribution in [3.63, 3.8) is 0 Å². The van der Waals surface area contributed by atoms with Crippen LogP contribution in [-0.4, -0.2) is 14.5 Å². The molecule has 0 aliphatic carbocycles. The van der Waals surface area contributed by atoms with Gasteiger partial charge in [0.05, 0.1) is 12.0 Å². The van der Waals surface area contributed by atoms with Crippen LogP contribution in [0.1, 0.15) is 17.3 Å². The Labute approximate surface area is 115 Å². The molecule has 0 aliphatic rings. The summed E-state index contributed by atoms with van der Waals surface area (Å²) in [7, 11) is 0. The van der Waals surface area contributed by atoms with Crippen molar-refractivity contribution in [1.82, 2.24) is 14.5 Å². The van der Waals surface area contributed by atoms with E-state index in [1.165, 1.54) is 0 Å². The molecule has 2 aromatic heterocycles. The average Bonchev–Trinajstić information content (AvgIpc) is 2.65. The van der Waals surface area contributed by atoms with Crippen LogP contribution in [-0.2, 0) is 6.54 Å². The SMILES string of the molecule is Cc1nc(Cn2cnc(I)c2I)oc1C. The Hall–Kier alpha value is -0.120. The first-order chi connectivity index (χ1) is 7.08. The van der Waals surface area contributed by atoms with E-state index in [1.807, 2.05) is 18.4 Å². The van der Waals surface area contributed by atoms with Gasteiger partial charge in [-0.3, -0.25) is 0 Å². The number of nitrogens with zero attached hydrogens (tertiary/aromatic N) is 3. The van der Waals surface area contributed by atoms with Crippen LogP contribution in [0, 0.1) is 21.2 Å². The summed E-state index contributed by atoms with van der Waals surface area (Å²) in [4.78, 5) is 8.55. The molecule has 0 unspecified atom stereocenters. The van der Waals surface area contributed by atoms with E-state index < -0.39 is 0 Å². The fourth-order valence-electron chi connectivity index (χ4n) is 1.21. The molecule has 80 valence electrons. The summed E-state index contributed by atoms with van der Waals surface area (Å²) in [6.07, 6.45) is 1.80. The zero-order valence-corrected chi connectivity index (χ0v) is 12.6. The summed E-state index contributed by atoms with van der Waals surface area (Å²) in [5.74, 6) is 1.62. The molecule has 0 spiro atoms. The maximum Gasteiger partial charge on any atom is 0.214 e. The molecule has 2 aromatic rings. The van der Waals surface area contributed by atoms with Gasteiger partial charge >= 0.3 is 0 Å². The molecule has 2 heterocycles. The molecular weight excluding hydrogens is 420 g/mol. The van der Waals surface area contributed by atoms with E-state index in [2.05, 4.69) is 55.1 Å². The van der Waals surface area contributed by atoms with Crippen molar-refractivity contribution in [2.24, 2.45) is 0 Å². The molecule has 15 heavy (non-hydrogen) atoms. The van der Waals surface area contributed by atoms with Crippen molar-refractivity contribution in [2.45, 2.75) is 20.4 Å². The first-order valence-electron chi connectivity index (χ1n) is 4.37.